The Hall–Kier alpha value is -1.39. The third-order valence-corrected chi connectivity index (χ3v) is 4.52. The second-order valence-corrected chi connectivity index (χ2v) is 5.97. The minimum Gasteiger partial charge on any atom is -0.374 e. The molecule has 0 aliphatic rings. The molecular formula is C16H21FN2S. The van der Waals surface area contributed by atoms with E-state index in [1.807, 2.05) is 27.1 Å². The van der Waals surface area contributed by atoms with Gasteiger partial charge in [-0.15, -0.1) is 11.3 Å². The molecule has 0 fully saturated rings. The lowest BCUT2D eigenvalue weighted by atomic mass is 10.0. The van der Waals surface area contributed by atoms with Crippen LogP contribution in [0.15, 0.2) is 35.7 Å². The number of hydrogen-bond donors (Lipinski definition) is 1. The molecule has 1 unspecified atom stereocenters. The molecule has 0 amide bonds. The van der Waals surface area contributed by atoms with Crippen LogP contribution in [0.1, 0.15) is 23.4 Å². The van der Waals surface area contributed by atoms with Crippen molar-refractivity contribution in [2.75, 3.05) is 25.5 Å². The van der Waals surface area contributed by atoms with Crippen molar-refractivity contribution >= 4 is 17.0 Å². The number of anilines is 1. The second-order valence-electron chi connectivity index (χ2n) is 4.93. The van der Waals surface area contributed by atoms with Crippen LogP contribution >= 0.6 is 11.3 Å². The minimum absolute atomic E-state index is 0.00427. The molecule has 0 aliphatic carbocycles. The Labute approximate surface area is 124 Å². The van der Waals surface area contributed by atoms with Crippen molar-refractivity contribution in [1.29, 1.82) is 0 Å². The zero-order valence-corrected chi connectivity index (χ0v) is 13.0. The maximum atomic E-state index is 14.1. The quantitative estimate of drug-likeness (QED) is 0.870. The summed E-state index contributed by atoms with van der Waals surface area (Å²) in [6.07, 6.45) is 0.984. The van der Waals surface area contributed by atoms with Crippen molar-refractivity contribution in [2.24, 2.45) is 0 Å². The van der Waals surface area contributed by atoms with Crippen LogP contribution in [0.2, 0.25) is 0 Å². The zero-order valence-electron chi connectivity index (χ0n) is 12.2. The Balaban J connectivity index is 2.16. The first-order chi connectivity index (χ1) is 9.63. The largest absolute Gasteiger partial charge is 0.374 e. The molecule has 1 heterocycles. The molecule has 1 N–H and O–H groups in total. The fourth-order valence-corrected chi connectivity index (χ4v) is 2.98. The molecule has 0 saturated heterocycles. The molecule has 2 aromatic rings. The number of hydrogen-bond acceptors (Lipinski definition) is 3. The average molecular weight is 292 g/mol. The fourth-order valence-electron chi connectivity index (χ4n) is 2.28. The number of likely N-dealkylation sites (N-methyl/N-ethyl adjacent to an activating group) is 1. The monoisotopic (exact) mass is 292 g/mol. The van der Waals surface area contributed by atoms with Crippen LogP contribution < -0.4 is 10.2 Å². The summed E-state index contributed by atoms with van der Waals surface area (Å²) in [7, 11) is 3.88. The molecule has 0 radical (unpaired) electrons. The van der Waals surface area contributed by atoms with Gasteiger partial charge in [-0.25, -0.2) is 4.39 Å². The van der Waals surface area contributed by atoms with Gasteiger partial charge in [-0.05, 0) is 44.0 Å². The topological polar surface area (TPSA) is 15.3 Å². The molecule has 0 spiro atoms. The predicted octanol–water partition coefficient (Wildman–Crippen LogP) is 3.85. The first-order valence-corrected chi connectivity index (χ1v) is 7.70. The van der Waals surface area contributed by atoms with E-state index in [2.05, 4.69) is 27.7 Å². The third-order valence-electron chi connectivity index (χ3n) is 3.58. The molecule has 0 bridgehead atoms. The lowest BCUT2D eigenvalue weighted by molar-refractivity contribution is 0.561. The molecule has 20 heavy (non-hydrogen) atoms. The summed E-state index contributed by atoms with van der Waals surface area (Å²) in [4.78, 5) is 3.49. The molecule has 0 aliphatic heterocycles. The standard InChI is InChI=1S/C16H21FN2S/c1-12(18-2)16-14(17)7-4-8-15(16)19(3)10-9-13-6-5-11-20-13/h4-8,11-12,18H,9-10H2,1-3H3. The van der Waals surface area contributed by atoms with Crippen LogP contribution in [0.3, 0.4) is 0 Å². The molecule has 2 nitrogen and oxygen atoms in total. The van der Waals surface area contributed by atoms with Crippen molar-refractivity contribution in [1.82, 2.24) is 5.32 Å². The Morgan fingerprint density at radius 3 is 2.75 bits per heavy atom. The van der Waals surface area contributed by atoms with E-state index in [1.165, 1.54) is 10.9 Å². The summed E-state index contributed by atoms with van der Waals surface area (Å²) in [5.41, 5.74) is 1.70. The van der Waals surface area contributed by atoms with Crippen LogP contribution in [-0.2, 0) is 6.42 Å². The average Bonchev–Trinajstić information content (AvgIpc) is 2.97. The van der Waals surface area contributed by atoms with Gasteiger partial charge in [-0.2, -0.15) is 0 Å². The van der Waals surface area contributed by atoms with Crippen molar-refractivity contribution < 1.29 is 4.39 Å². The number of halogens is 1. The van der Waals surface area contributed by atoms with Crippen LogP contribution in [0.25, 0.3) is 0 Å². The van der Waals surface area contributed by atoms with E-state index < -0.39 is 0 Å². The smallest absolute Gasteiger partial charge is 0.130 e. The summed E-state index contributed by atoms with van der Waals surface area (Å²) in [6.45, 7) is 2.86. The molecule has 1 aromatic carbocycles. The summed E-state index contributed by atoms with van der Waals surface area (Å²) in [5.74, 6) is -0.146. The minimum atomic E-state index is -0.146. The number of nitrogens with one attached hydrogen (secondary N) is 1. The highest BCUT2D eigenvalue weighted by atomic mass is 32.1. The van der Waals surface area contributed by atoms with Gasteiger partial charge < -0.3 is 10.2 Å². The predicted molar refractivity (Wildman–Crippen MR) is 85.2 cm³/mol. The highest BCUT2D eigenvalue weighted by molar-refractivity contribution is 7.09. The van der Waals surface area contributed by atoms with E-state index in [-0.39, 0.29) is 11.9 Å². The third kappa shape index (κ3) is 3.38. The summed E-state index contributed by atoms with van der Waals surface area (Å²) in [6, 6.07) is 9.49. The van der Waals surface area contributed by atoms with Gasteiger partial charge in [0.25, 0.3) is 0 Å². The highest BCUT2D eigenvalue weighted by Gasteiger charge is 2.16. The molecule has 1 aromatic heterocycles. The van der Waals surface area contributed by atoms with Gasteiger partial charge in [0.15, 0.2) is 0 Å². The van der Waals surface area contributed by atoms with Gasteiger partial charge in [0, 0.05) is 35.8 Å². The van der Waals surface area contributed by atoms with Crippen molar-refractivity contribution in [3.63, 3.8) is 0 Å². The Morgan fingerprint density at radius 2 is 2.10 bits per heavy atom. The molecular weight excluding hydrogens is 271 g/mol. The Kier molecular flexibility index (Phi) is 5.15. The van der Waals surface area contributed by atoms with E-state index >= 15 is 0 Å². The summed E-state index contributed by atoms with van der Waals surface area (Å²) in [5, 5.41) is 5.21. The Bertz CT molecular complexity index is 539. The lowest BCUT2D eigenvalue weighted by Gasteiger charge is -2.25. The van der Waals surface area contributed by atoms with Crippen LogP contribution in [0.4, 0.5) is 10.1 Å². The molecule has 4 heteroatoms. The summed E-state index contributed by atoms with van der Waals surface area (Å²) < 4.78 is 14.1. The zero-order chi connectivity index (χ0) is 14.5. The SMILES string of the molecule is CNC(C)c1c(F)cccc1N(C)CCc1cccs1. The van der Waals surface area contributed by atoms with E-state index in [9.17, 15) is 4.39 Å². The van der Waals surface area contributed by atoms with Gasteiger partial charge in [0.2, 0.25) is 0 Å². The highest BCUT2D eigenvalue weighted by Crippen LogP contribution is 2.28. The van der Waals surface area contributed by atoms with E-state index in [4.69, 9.17) is 0 Å². The van der Waals surface area contributed by atoms with Crippen LogP contribution in [-0.4, -0.2) is 20.6 Å². The number of thiophene rings is 1. The maximum absolute atomic E-state index is 14.1. The number of nitrogens with zero attached hydrogens (tertiary/aromatic N) is 1. The molecule has 2 rings (SSSR count). The van der Waals surface area contributed by atoms with Gasteiger partial charge in [-0.1, -0.05) is 12.1 Å². The second kappa shape index (κ2) is 6.86. The van der Waals surface area contributed by atoms with E-state index in [1.54, 1.807) is 17.4 Å². The van der Waals surface area contributed by atoms with Gasteiger partial charge >= 0.3 is 0 Å². The van der Waals surface area contributed by atoms with Gasteiger partial charge in [0.05, 0.1) is 0 Å². The molecule has 108 valence electrons. The summed E-state index contributed by atoms with van der Waals surface area (Å²) >= 11 is 1.77. The van der Waals surface area contributed by atoms with E-state index in [0.29, 0.717) is 0 Å². The normalized spacial score (nSPS) is 12.4. The first kappa shape index (κ1) is 15.0. The van der Waals surface area contributed by atoms with Crippen LogP contribution in [0, 0.1) is 5.82 Å². The van der Waals surface area contributed by atoms with Crippen molar-refractivity contribution in [2.45, 2.75) is 19.4 Å². The Morgan fingerprint density at radius 1 is 1.30 bits per heavy atom. The molecule has 0 saturated carbocycles. The van der Waals surface area contributed by atoms with Crippen molar-refractivity contribution in [3.8, 4) is 0 Å². The number of rotatable bonds is 6. The molecule has 1 atom stereocenters. The van der Waals surface area contributed by atoms with Gasteiger partial charge in [-0.3, -0.25) is 0 Å². The maximum Gasteiger partial charge on any atom is 0.130 e. The van der Waals surface area contributed by atoms with Crippen molar-refractivity contribution in [3.05, 3.63) is 52.0 Å². The lowest BCUT2D eigenvalue weighted by Crippen LogP contribution is -2.24. The van der Waals surface area contributed by atoms with E-state index in [0.717, 1.165) is 24.2 Å². The first-order valence-electron chi connectivity index (χ1n) is 6.82. The fraction of sp³-hybridized carbons (Fsp3) is 0.375. The van der Waals surface area contributed by atoms with Crippen LogP contribution in [0.5, 0.6) is 0 Å². The van der Waals surface area contributed by atoms with Gasteiger partial charge in [0.1, 0.15) is 5.82 Å². The number of benzene rings is 1.